The number of benzene rings is 2. The minimum Gasteiger partial charge on any atom is -0.497 e. The minimum atomic E-state index is -2.20. The highest BCUT2D eigenvalue weighted by Crippen LogP contribution is 2.69. The van der Waals surface area contributed by atoms with Crippen LogP contribution in [0.1, 0.15) is 63.9 Å². The van der Waals surface area contributed by atoms with Gasteiger partial charge >= 0.3 is 17.9 Å². The Morgan fingerprint density at radius 2 is 1.45 bits per heavy atom. The summed E-state index contributed by atoms with van der Waals surface area (Å²) in [5.41, 5.74) is -5.55. The quantitative estimate of drug-likeness (QED) is 0.271. The summed E-state index contributed by atoms with van der Waals surface area (Å²) in [7, 11) is 0. The topological polar surface area (TPSA) is 138 Å². The molecular weight excluding hydrogens is 568 g/mol. The molecule has 2 aromatic rings. The molecule has 2 aromatic carbocycles. The molecule has 0 radical (unpaired) electrons. The van der Waals surface area contributed by atoms with Crippen molar-refractivity contribution in [2.24, 2.45) is 11.3 Å². The van der Waals surface area contributed by atoms with E-state index >= 15 is 0 Å². The maximum absolute atomic E-state index is 13.6. The zero-order valence-corrected chi connectivity index (χ0v) is 25.8. The number of esters is 3. The molecular formula is C34H40O10. The van der Waals surface area contributed by atoms with Gasteiger partial charge in [-0.05, 0) is 57.9 Å². The second-order valence-electron chi connectivity index (χ2n) is 12.8. The molecule has 3 aliphatic rings. The molecule has 2 aliphatic carbocycles. The van der Waals surface area contributed by atoms with Gasteiger partial charge in [0.05, 0.1) is 22.8 Å². The van der Waals surface area contributed by atoms with Crippen LogP contribution in [0.15, 0.2) is 66.9 Å². The van der Waals surface area contributed by atoms with E-state index in [2.05, 4.69) is 0 Å². The molecule has 0 amide bonds. The van der Waals surface area contributed by atoms with Crippen molar-refractivity contribution in [1.29, 1.82) is 0 Å². The van der Waals surface area contributed by atoms with Crippen LogP contribution in [0, 0.1) is 11.3 Å². The summed E-state index contributed by atoms with van der Waals surface area (Å²) in [6, 6.07) is 17.7. The fraction of sp³-hybridized carbons (Fsp3) is 0.500. The van der Waals surface area contributed by atoms with E-state index in [1.54, 1.807) is 43.3 Å². The lowest BCUT2D eigenvalue weighted by Crippen LogP contribution is -2.85. The number of hydrogen-bond donors (Lipinski definition) is 2. The second kappa shape index (κ2) is 11.3. The third-order valence-corrected chi connectivity index (χ3v) is 9.69. The monoisotopic (exact) mass is 608 g/mol. The van der Waals surface area contributed by atoms with Crippen molar-refractivity contribution in [2.75, 3.05) is 0 Å². The standard InChI is InChI=1S/C34H40O10/c1-20(35)41-26-27(37)33(6,39)34-28(42-21(2)36)24(31(3,4)44-34)19-25(40-18-17-22-13-9-7-10-14-22)32(34,5)29(26)43-30(38)23-15-11-8-12-16-23/h7-18,24-29,37,39H,19H2,1-6H3/b18-17+/t24-,25+,26-,27+,28-,29+,32-,33+,34-/m1/s1. The summed E-state index contributed by atoms with van der Waals surface area (Å²) in [4.78, 5) is 38.6. The molecule has 0 unspecified atom stereocenters. The Hall–Kier alpha value is -3.73. The number of ether oxygens (including phenoxy) is 5. The molecule has 3 fully saturated rings. The van der Waals surface area contributed by atoms with Crippen LogP contribution < -0.4 is 0 Å². The molecule has 10 heteroatoms. The summed E-state index contributed by atoms with van der Waals surface area (Å²) >= 11 is 0. The first-order valence-corrected chi connectivity index (χ1v) is 14.7. The summed E-state index contributed by atoms with van der Waals surface area (Å²) in [6.45, 7) is 9.11. The highest BCUT2D eigenvalue weighted by atomic mass is 16.6. The van der Waals surface area contributed by atoms with E-state index in [0.29, 0.717) is 0 Å². The number of carbonyl (C=O) groups is 3. The summed E-state index contributed by atoms with van der Waals surface area (Å²) < 4.78 is 31.0. The van der Waals surface area contributed by atoms with Crippen LogP contribution in [-0.2, 0) is 33.3 Å². The molecule has 1 aliphatic heterocycles. The Kier molecular flexibility index (Phi) is 8.15. The second-order valence-corrected chi connectivity index (χ2v) is 12.8. The molecule has 1 saturated heterocycles. The van der Waals surface area contributed by atoms with Crippen molar-refractivity contribution in [3.8, 4) is 0 Å². The number of aliphatic hydroxyl groups is 2. The first-order valence-electron chi connectivity index (χ1n) is 14.7. The van der Waals surface area contributed by atoms with Crippen LogP contribution >= 0.6 is 0 Å². The maximum Gasteiger partial charge on any atom is 0.338 e. The lowest BCUT2D eigenvalue weighted by Gasteiger charge is -2.66. The first kappa shape index (κ1) is 31.7. The Morgan fingerprint density at radius 3 is 2.05 bits per heavy atom. The molecule has 1 heterocycles. The highest BCUT2D eigenvalue weighted by molar-refractivity contribution is 5.89. The number of rotatable bonds is 7. The first-order chi connectivity index (χ1) is 20.7. The average Bonchev–Trinajstić information content (AvgIpc) is 3.15. The average molecular weight is 609 g/mol. The summed E-state index contributed by atoms with van der Waals surface area (Å²) in [5, 5.41) is 24.2. The van der Waals surface area contributed by atoms with Crippen molar-refractivity contribution in [3.05, 3.63) is 78.1 Å². The molecule has 1 spiro atoms. The van der Waals surface area contributed by atoms with Crippen molar-refractivity contribution in [2.45, 2.75) is 95.3 Å². The lowest BCUT2D eigenvalue weighted by atomic mass is 9.46. The van der Waals surface area contributed by atoms with Gasteiger partial charge in [0.2, 0.25) is 0 Å². The van der Waals surface area contributed by atoms with Crippen LogP contribution in [0.2, 0.25) is 0 Å². The van der Waals surface area contributed by atoms with E-state index in [1.165, 1.54) is 20.1 Å². The maximum atomic E-state index is 13.6. The number of hydrogen-bond acceptors (Lipinski definition) is 10. The third-order valence-electron chi connectivity index (χ3n) is 9.69. The normalized spacial score (nSPS) is 37.1. The summed E-state index contributed by atoms with van der Waals surface area (Å²) in [5.74, 6) is -2.62. The van der Waals surface area contributed by atoms with Gasteiger partial charge in [-0.3, -0.25) is 9.59 Å². The van der Waals surface area contributed by atoms with Gasteiger partial charge in [-0.15, -0.1) is 0 Å². The summed E-state index contributed by atoms with van der Waals surface area (Å²) in [6.07, 6.45) is -3.15. The zero-order valence-electron chi connectivity index (χ0n) is 25.8. The highest BCUT2D eigenvalue weighted by Gasteiger charge is 2.86. The van der Waals surface area contributed by atoms with Crippen molar-refractivity contribution < 1.29 is 48.3 Å². The van der Waals surface area contributed by atoms with E-state index in [9.17, 15) is 24.6 Å². The van der Waals surface area contributed by atoms with Gasteiger partial charge in [0.25, 0.3) is 0 Å². The van der Waals surface area contributed by atoms with Gasteiger partial charge in [-0.2, -0.15) is 0 Å². The van der Waals surface area contributed by atoms with E-state index in [-0.39, 0.29) is 12.0 Å². The Bertz CT molecular complexity index is 1420. The predicted octanol–water partition coefficient (Wildman–Crippen LogP) is 3.83. The molecule has 5 rings (SSSR count). The number of fused-ring (bicyclic) bond motifs is 1. The molecule has 2 bridgehead atoms. The minimum absolute atomic E-state index is 0.220. The van der Waals surface area contributed by atoms with E-state index in [0.717, 1.165) is 12.5 Å². The van der Waals surface area contributed by atoms with Crippen molar-refractivity contribution in [3.63, 3.8) is 0 Å². The largest absolute Gasteiger partial charge is 0.497 e. The van der Waals surface area contributed by atoms with Gasteiger partial charge in [0.1, 0.15) is 29.5 Å². The fourth-order valence-corrected chi connectivity index (χ4v) is 7.70. The molecule has 44 heavy (non-hydrogen) atoms. The van der Waals surface area contributed by atoms with Gasteiger partial charge in [-0.25, -0.2) is 4.79 Å². The lowest BCUT2D eigenvalue weighted by molar-refractivity contribution is -0.368. The Labute approximate surface area is 256 Å². The van der Waals surface area contributed by atoms with Crippen LogP contribution in [-0.4, -0.2) is 75.4 Å². The Morgan fingerprint density at radius 1 is 0.864 bits per heavy atom. The van der Waals surface area contributed by atoms with Crippen LogP contribution in [0.4, 0.5) is 0 Å². The van der Waals surface area contributed by atoms with E-state index in [1.807, 2.05) is 44.2 Å². The molecule has 2 saturated carbocycles. The number of aliphatic hydroxyl groups excluding tert-OH is 1. The SMILES string of the molecule is CC(=O)O[C@H]1[C@H](OC(=O)c2ccccc2)[C@@]2(C)[C@@H](O/C=C/c3ccccc3)C[C@@H]3[C@@H](OC(C)=O)[C@]2(OC3(C)C)[C@@](C)(O)[C@H]1O. The molecule has 9 atom stereocenters. The fourth-order valence-electron chi connectivity index (χ4n) is 7.70. The third kappa shape index (κ3) is 4.89. The molecule has 236 valence electrons. The van der Waals surface area contributed by atoms with Crippen molar-refractivity contribution >= 4 is 24.0 Å². The van der Waals surface area contributed by atoms with Gasteiger partial charge in [-0.1, -0.05) is 48.5 Å². The van der Waals surface area contributed by atoms with E-state index < -0.39 is 76.6 Å². The molecule has 0 aromatic heterocycles. The van der Waals surface area contributed by atoms with Crippen LogP contribution in [0.5, 0.6) is 0 Å². The predicted molar refractivity (Wildman–Crippen MR) is 158 cm³/mol. The van der Waals surface area contributed by atoms with Crippen molar-refractivity contribution in [1.82, 2.24) is 0 Å². The number of carbonyl (C=O) groups excluding carboxylic acids is 3. The van der Waals surface area contributed by atoms with E-state index in [4.69, 9.17) is 23.7 Å². The molecule has 10 nitrogen and oxygen atoms in total. The van der Waals surface area contributed by atoms with Gasteiger partial charge in [0.15, 0.2) is 12.2 Å². The molecule has 2 N–H and O–H groups in total. The Balaban J connectivity index is 1.72. The van der Waals surface area contributed by atoms with Crippen LogP contribution in [0.25, 0.3) is 6.08 Å². The zero-order chi connectivity index (χ0) is 32.1. The smallest absolute Gasteiger partial charge is 0.338 e. The van der Waals surface area contributed by atoms with Gasteiger partial charge < -0.3 is 33.9 Å². The van der Waals surface area contributed by atoms with Crippen LogP contribution in [0.3, 0.4) is 0 Å². The van der Waals surface area contributed by atoms with Gasteiger partial charge in [0, 0.05) is 19.8 Å².